The molecule has 0 radical (unpaired) electrons. The van der Waals surface area contributed by atoms with Gasteiger partial charge in [0.25, 0.3) is 0 Å². The van der Waals surface area contributed by atoms with Crippen molar-refractivity contribution in [1.82, 2.24) is 0 Å². The van der Waals surface area contributed by atoms with E-state index < -0.39 is 0 Å². The van der Waals surface area contributed by atoms with Crippen molar-refractivity contribution in [3.05, 3.63) is 12.7 Å². The summed E-state index contributed by atoms with van der Waals surface area (Å²) in [5.41, 5.74) is 0. The minimum atomic E-state index is -0.294. The fourth-order valence-corrected chi connectivity index (χ4v) is 1.01. The normalized spacial score (nSPS) is 13.1. The predicted octanol–water partition coefficient (Wildman–Crippen LogP) is 1.68. The Morgan fingerprint density at radius 1 is 1.78 bits per heavy atom. The van der Waals surface area contributed by atoms with Gasteiger partial charge in [-0.2, -0.15) is 11.8 Å². The first-order chi connectivity index (χ1) is 4.31. The van der Waals surface area contributed by atoms with Crippen LogP contribution in [0.25, 0.3) is 0 Å². The molecule has 0 aliphatic heterocycles. The minimum Gasteiger partial charge on any atom is -0.389 e. The number of thioether (sulfide) groups is 1. The van der Waals surface area contributed by atoms with Crippen LogP contribution in [0.2, 0.25) is 0 Å². The van der Waals surface area contributed by atoms with Gasteiger partial charge in [0, 0.05) is 0 Å². The average molecular weight is 146 g/mol. The third kappa shape index (κ3) is 5.93. The predicted molar refractivity (Wildman–Crippen MR) is 43.8 cm³/mol. The maximum atomic E-state index is 8.96. The molecule has 1 unspecified atom stereocenters. The topological polar surface area (TPSA) is 20.2 Å². The smallest absolute Gasteiger partial charge is 0.0718 e. The molecule has 0 bridgehead atoms. The zero-order valence-electron chi connectivity index (χ0n) is 5.84. The highest BCUT2D eigenvalue weighted by Crippen LogP contribution is 2.02. The van der Waals surface area contributed by atoms with E-state index in [1.807, 2.05) is 11.8 Å². The van der Waals surface area contributed by atoms with Crippen LogP contribution in [0.4, 0.5) is 0 Å². The summed E-state index contributed by atoms with van der Waals surface area (Å²) in [6, 6.07) is 0. The molecule has 2 heteroatoms. The third-order valence-corrected chi connectivity index (χ3v) is 1.82. The lowest BCUT2D eigenvalue weighted by atomic mass is 10.2. The molecular weight excluding hydrogens is 132 g/mol. The van der Waals surface area contributed by atoms with Crippen molar-refractivity contribution >= 4 is 11.8 Å². The molecular formula is C7H14OS. The highest BCUT2D eigenvalue weighted by molar-refractivity contribution is 7.98. The van der Waals surface area contributed by atoms with Crippen LogP contribution in [0.1, 0.15) is 12.8 Å². The summed E-state index contributed by atoms with van der Waals surface area (Å²) in [6.07, 6.45) is 5.29. The fraction of sp³-hybridized carbons (Fsp3) is 0.714. The molecule has 0 aromatic carbocycles. The molecule has 0 rings (SSSR count). The maximum Gasteiger partial charge on any atom is 0.0718 e. The number of aliphatic hydroxyl groups excluding tert-OH is 1. The molecule has 1 N–H and O–H groups in total. The van der Waals surface area contributed by atoms with Crippen molar-refractivity contribution < 1.29 is 5.11 Å². The van der Waals surface area contributed by atoms with E-state index in [-0.39, 0.29) is 6.10 Å². The van der Waals surface area contributed by atoms with Crippen LogP contribution in [-0.4, -0.2) is 23.2 Å². The van der Waals surface area contributed by atoms with Crippen molar-refractivity contribution in [2.75, 3.05) is 12.0 Å². The molecule has 0 saturated carbocycles. The van der Waals surface area contributed by atoms with Crippen LogP contribution in [0.15, 0.2) is 12.7 Å². The molecule has 0 aromatic heterocycles. The molecule has 0 aromatic rings. The molecule has 1 nitrogen and oxygen atoms in total. The van der Waals surface area contributed by atoms with E-state index in [2.05, 4.69) is 12.8 Å². The van der Waals surface area contributed by atoms with Crippen LogP contribution in [0.3, 0.4) is 0 Å². The summed E-state index contributed by atoms with van der Waals surface area (Å²) < 4.78 is 0. The summed E-state index contributed by atoms with van der Waals surface area (Å²) in [6.45, 7) is 3.48. The lowest BCUT2D eigenvalue weighted by molar-refractivity contribution is 0.212. The lowest BCUT2D eigenvalue weighted by Gasteiger charge is -2.01. The van der Waals surface area contributed by atoms with E-state index in [0.717, 1.165) is 18.6 Å². The second-order valence-electron chi connectivity index (χ2n) is 1.94. The zero-order valence-corrected chi connectivity index (χ0v) is 6.66. The molecule has 0 saturated heterocycles. The summed E-state index contributed by atoms with van der Waals surface area (Å²) in [4.78, 5) is 0. The standard InChI is InChI=1S/C7H14OS/c1-3-7(8)5-4-6-9-2/h3,7-8H,1,4-6H2,2H3. The summed E-state index contributed by atoms with van der Waals surface area (Å²) in [7, 11) is 0. The zero-order chi connectivity index (χ0) is 7.11. The fourth-order valence-electron chi connectivity index (χ4n) is 0.555. The molecule has 0 amide bonds. The van der Waals surface area contributed by atoms with Gasteiger partial charge in [0.2, 0.25) is 0 Å². The van der Waals surface area contributed by atoms with Gasteiger partial charge in [-0.25, -0.2) is 0 Å². The van der Waals surface area contributed by atoms with E-state index >= 15 is 0 Å². The monoisotopic (exact) mass is 146 g/mol. The first-order valence-electron chi connectivity index (χ1n) is 3.10. The number of hydrogen-bond donors (Lipinski definition) is 1. The number of hydrogen-bond acceptors (Lipinski definition) is 2. The Bertz CT molecular complexity index is 73.3. The molecule has 0 aliphatic rings. The first kappa shape index (κ1) is 9.05. The van der Waals surface area contributed by atoms with E-state index in [0.29, 0.717) is 0 Å². The van der Waals surface area contributed by atoms with Crippen molar-refractivity contribution in [1.29, 1.82) is 0 Å². The van der Waals surface area contributed by atoms with Crippen molar-refractivity contribution in [2.45, 2.75) is 18.9 Å². The van der Waals surface area contributed by atoms with Gasteiger partial charge in [-0.1, -0.05) is 6.08 Å². The van der Waals surface area contributed by atoms with Gasteiger partial charge in [0.05, 0.1) is 6.10 Å². The van der Waals surface area contributed by atoms with Gasteiger partial charge >= 0.3 is 0 Å². The van der Waals surface area contributed by atoms with Crippen LogP contribution < -0.4 is 0 Å². The van der Waals surface area contributed by atoms with Crippen LogP contribution in [0.5, 0.6) is 0 Å². The Morgan fingerprint density at radius 3 is 2.89 bits per heavy atom. The Morgan fingerprint density at radius 2 is 2.44 bits per heavy atom. The quantitative estimate of drug-likeness (QED) is 0.470. The van der Waals surface area contributed by atoms with E-state index in [9.17, 15) is 0 Å². The van der Waals surface area contributed by atoms with E-state index in [1.165, 1.54) is 0 Å². The van der Waals surface area contributed by atoms with Gasteiger partial charge in [0.15, 0.2) is 0 Å². The molecule has 54 valence electrons. The summed E-state index contributed by atoms with van der Waals surface area (Å²) in [5.74, 6) is 1.13. The Labute approximate surface area is 61.2 Å². The van der Waals surface area contributed by atoms with Crippen molar-refractivity contribution in [3.63, 3.8) is 0 Å². The van der Waals surface area contributed by atoms with Crippen LogP contribution in [0, 0.1) is 0 Å². The highest BCUT2D eigenvalue weighted by atomic mass is 32.2. The highest BCUT2D eigenvalue weighted by Gasteiger charge is 1.95. The Balaban J connectivity index is 2.96. The molecule has 9 heavy (non-hydrogen) atoms. The van der Waals surface area contributed by atoms with Gasteiger partial charge < -0.3 is 5.11 Å². The van der Waals surface area contributed by atoms with E-state index in [1.54, 1.807) is 6.08 Å². The van der Waals surface area contributed by atoms with Gasteiger partial charge in [-0.3, -0.25) is 0 Å². The van der Waals surface area contributed by atoms with Gasteiger partial charge in [-0.15, -0.1) is 6.58 Å². The second kappa shape index (κ2) is 6.17. The van der Waals surface area contributed by atoms with Gasteiger partial charge in [0.1, 0.15) is 0 Å². The van der Waals surface area contributed by atoms with Crippen molar-refractivity contribution in [3.8, 4) is 0 Å². The summed E-state index contributed by atoms with van der Waals surface area (Å²) in [5, 5.41) is 8.96. The van der Waals surface area contributed by atoms with E-state index in [4.69, 9.17) is 5.11 Å². The molecule has 0 aliphatic carbocycles. The van der Waals surface area contributed by atoms with Crippen molar-refractivity contribution in [2.24, 2.45) is 0 Å². The van der Waals surface area contributed by atoms with Crippen LogP contribution in [-0.2, 0) is 0 Å². The molecule has 1 atom stereocenters. The Hall–Kier alpha value is 0.0500. The molecule has 0 fully saturated rings. The molecule has 0 heterocycles. The third-order valence-electron chi connectivity index (χ3n) is 1.12. The second-order valence-corrected chi connectivity index (χ2v) is 2.92. The average Bonchev–Trinajstić information content (AvgIpc) is 1.89. The largest absolute Gasteiger partial charge is 0.389 e. The first-order valence-corrected chi connectivity index (χ1v) is 4.50. The SMILES string of the molecule is C=CC(O)CCCSC. The van der Waals surface area contributed by atoms with Gasteiger partial charge in [-0.05, 0) is 24.9 Å². The minimum absolute atomic E-state index is 0.294. The number of aliphatic hydroxyl groups is 1. The van der Waals surface area contributed by atoms with Crippen LogP contribution >= 0.6 is 11.8 Å². The lowest BCUT2D eigenvalue weighted by Crippen LogP contribution is -2.00. The Kier molecular flexibility index (Phi) is 6.21. The molecule has 0 spiro atoms. The maximum absolute atomic E-state index is 8.96. The number of rotatable bonds is 5. The summed E-state index contributed by atoms with van der Waals surface area (Å²) >= 11 is 1.81.